The van der Waals surface area contributed by atoms with Crippen LogP contribution in [0.25, 0.3) is 0 Å². The predicted octanol–water partition coefficient (Wildman–Crippen LogP) is 3.07. The summed E-state index contributed by atoms with van der Waals surface area (Å²) in [5, 5.41) is 3.58. The number of likely N-dealkylation sites (tertiary alicyclic amines) is 1. The van der Waals surface area contributed by atoms with Crippen LogP contribution in [0.4, 0.5) is 0 Å². The minimum Gasteiger partial charge on any atom is -0.315 e. The van der Waals surface area contributed by atoms with Crippen molar-refractivity contribution in [1.82, 2.24) is 10.2 Å². The van der Waals surface area contributed by atoms with E-state index in [4.69, 9.17) is 0 Å². The molecule has 1 aromatic carbocycles. The van der Waals surface area contributed by atoms with Crippen LogP contribution in [0.5, 0.6) is 0 Å². The van der Waals surface area contributed by atoms with E-state index in [-0.39, 0.29) is 0 Å². The summed E-state index contributed by atoms with van der Waals surface area (Å²) in [5.74, 6) is 0.849. The Morgan fingerprint density at radius 1 is 1.33 bits per heavy atom. The fourth-order valence-electron chi connectivity index (χ4n) is 2.80. The second-order valence-corrected chi connectivity index (χ2v) is 5.52. The van der Waals surface area contributed by atoms with Gasteiger partial charge in [-0.2, -0.15) is 0 Å². The zero-order chi connectivity index (χ0) is 12.8. The van der Waals surface area contributed by atoms with Crippen molar-refractivity contribution < 1.29 is 0 Å². The second-order valence-electron chi connectivity index (χ2n) is 5.52. The van der Waals surface area contributed by atoms with Crippen molar-refractivity contribution in [3.63, 3.8) is 0 Å². The SMILES string of the molecule is CCCNCC(c1ccccc1)N1CCC(C)C1. The summed E-state index contributed by atoms with van der Waals surface area (Å²) in [6.07, 6.45) is 2.55. The maximum atomic E-state index is 3.58. The van der Waals surface area contributed by atoms with Crippen LogP contribution < -0.4 is 5.32 Å². The molecule has 100 valence electrons. The molecule has 0 radical (unpaired) electrons. The molecule has 1 saturated heterocycles. The molecule has 1 aliphatic heterocycles. The van der Waals surface area contributed by atoms with Crippen LogP contribution in [0.15, 0.2) is 30.3 Å². The molecule has 1 aromatic rings. The average molecular weight is 246 g/mol. The summed E-state index contributed by atoms with van der Waals surface area (Å²) in [7, 11) is 0. The molecule has 1 aliphatic rings. The molecule has 2 unspecified atom stereocenters. The van der Waals surface area contributed by atoms with Gasteiger partial charge >= 0.3 is 0 Å². The Kier molecular flexibility index (Phi) is 5.21. The topological polar surface area (TPSA) is 15.3 Å². The predicted molar refractivity (Wildman–Crippen MR) is 77.7 cm³/mol. The van der Waals surface area contributed by atoms with E-state index in [1.54, 1.807) is 0 Å². The van der Waals surface area contributed by atoms with Gasteiger partial charge in [-0.05, 0) is 37.4 Å². The van der Waals surface area contributed by atoms with Crippen molar-refractivity contribution in [1.29, 1.82) is 0 Å². The Bertz CT molecular complexity index is 336. The molecule has 1 fully saturated rings. The highest BCUT2D eigenvalue weighted by molar-refractivity contribution is 5.19. The highest BCUT2D eigenvalue weighted by Crippen LogP contribution is 2.26. The number of hydrogen-bond acceptors (Lipinski definition) is 2. The third-order valence-corrected chi connectivity index (χ3v) is 3.84. The van der Waals surface area contributed by atoms with Gasteiger partial charge in [-0.3, -0.25) is 4.90 Å². The van der Waals surface area contributed by atoms with E-state index in [2.05, 4.69) is 54.4 Å². The van der Waals surface area contributed by atoms with Crippen LogP contribution in [-0.2, 0) is 0 Å². The lowest BCUT2D eigenvalue weighted by Gasteiger charge is -2.28. The maximum Gasteiger partial charge on any atom is 0.0472 e. The van der Waals surface area contributed by atoms with Crippen LogP contribution >= 0.6 is 0 Å². The van der Waals surface area contributed by atoms with Crippen molar-refractivity contribution in [2.45, 2.75) is 32.7 Å². The lowest BCUT2D eigenvalue weighted by Crippen LogP contribution is -2.34. The molecule has 1 heterocycles. The molecule has 1 N–H and O–H groups in total. The summed E-state index contributed by atoms with van der Waals surface area (Å²) in [4.78, 5) is 2.64. The molecule has 18 heavy (non-hydrogen) atoms. The molecule has 2 heteroatoms. The van der Waals surface area contributed by atoms with Crippen molar-refractivity contribution in [3.8, 4) is 0 Å². The van der Waals surface area contributed by atoms with E-state index < -0.39 is 0 Å². The molecule has 2 atom stereocenters. The van der Waals surface area contributed by atoms with Crippen molar-refractivity contribution in [3.05, 3.63) is 35.9 Å². The third kappa shape index (κ3) is 3.56. The summed E-state index contributed by atoms with van der Waals surface area (Å²) < 4.78 is 0. The molecule has 0 amide bonds. The third-order valence-electron chi connectivity index (χ3n) is 3.84. The Hall–Kier alpha value is -0.860. The van der Waals surface area contributed by atoms with Crippen LogP contribution in [0, 0.1) is 5.92 Å². The van der Waals surface area contributed by atoms with Crippen molar-refractivity contribution in [2.24, 2.45) is 5.92 Å². The molecule has 2 rings (SSSR count). The molecule has 0 spiro atoms. The zero-order valence-corrected chi connectivity index (χ0v) is 11.7. The van der Waals surface area contributed by atoms with Gasteiger partial charge in [-0.25, -0.2) is 0 Å². The minimum atomic E-state index is 0.544. The van der Waals surface area contributed by atoms with Crippen LogP contribution in [0.1, 0.15) is 38.3 Å². The Labute approximate surface area is 111 Å². The van der Waals surface area contributed by atoms with Gasteiger partial charge in [-0.1, -0.05) is 44.2 Å². The molecule has 0 saturated carbocycles. The van der Waals surface area contributed by atoms with Gasteiger partial charge in [0.05, 0.1) is 0 Å². The lowest BCUT2D eigenvalue weighted by molar-refractivity contribution is 0.232. The van der Waals surface area contributed by atoms with E-state index >= 15 is 0 Å². The van der Waals surface area contributed by atoms with Crippen molar-refractivity contribution >= 4 is 0 Å². The van der Waals surface area contributed by atoms with Crippen molar-refractivity contribution in [2.75, 3.05) is 26.2 Å². The molecular weight excluding hydrogens is 220 g/mol. The monoisotopic (exact) mass is 246 g/mol. The van der Waals surface area contributed by atoms with Gasteiger partial charge in [0.2, 0.25) is 0 Å². The van der Waals surface area contributed by atoms with E-state index in [0.717, 1.165) is 19.0 Å². The van der Waals surface area contributed by atoms with Gasteiger partial charge in [0.1, 0.15) is 0 Å². The summed E-state index contributed by atoms with van der Waals surface area (Å²) in [5.41, 5.74) is 1.45. The summed E-state index contributed by atoms with van der Waals surface area (Å²) in [6.45, 7) is 9.27. The van der Waals surface area contributed by atoms with Gasteiger partial charge in [0.15, 0.2) is 0 Å². The summed E-state index contributed by atoms with van der Waals surface area (Å²) in [6, 6.07) is 11.5. The van der Waals surface area contributed by atoms with Crippen LogP contribution in [-0.4, -0.2) is 31.1 Å². The first-order chi connectivity index (χ1) is 8.81. The molecule has 2 nitrogen and oxygen atoms in total. The number of rotatable bonds is 6. The van der Waals surface area contributed by atoms with Crippen LogP contribution in [0.2, 0.25) is 0 Å². The molecule has 0 aliphatic carbocycles. The smallest absolute Gasteiger partial charge is 0.0472 e. The Morgan fingerprint density at radius 3 is 2.72 bits per heavy atom. The first-order valence-corrected chi connectivity index (χ1v) is 7.31. The quantitative estimate of drug-likeness (QED) is 0.776. The van der Waals surface area contributed by atoms with E-state index in [9.17, 15) is 0 Å². The van der Waals surface area contributed by atoms with Gasteiger partial charge in [0.25, 0.3) is 0 Å². The average Bonchev–Trinajstić information content (AvgIpc) is 2.82. The van der Waals surface area contributed by atoms with E-state index in [0.29, 0.717) is 6.04 Å². The highest BCUT2D eigenvalue weighted by Gasteiger charge is 2.26. The molecular formula is C16H26N2. The van der Waals surface area contributed by atoms with Gasteiger partial charge in [0, 0.05) is 19.1 Å². The second kappa shape index (κ2) is 6.91. The fourth-order valence-corrected chi connectivity index (χ4v) is 2.80. The highest BCUT2D eigenvalue weighted by atomic mass is 15.2. The normalized spacial score (nSPS) is 22.2. The number of benzene rings is 1. The van der Waals surface area contributed by atoms with E-state index in [1.165, 1.54) is 31.5 Å². The largest absolute Gasteiger partial charge is 0.315 e. The number of nitrogens with one attached hydrogen (secondary N) is 1. The van der Waals surface area contributed by atoms with Gasteiger partial charge < -0.3 is 5.32 Å². The van der Waals surface area contributed by atoms with Crippen LogP contribution in [0.3, 0.4) is 0 Å². The van der Waals surface area contributed by atoms with Gasteiger partial charge in [-0.15, -0.1) is 0 Å². The molecule has 0 aromatic heterocycles. The zero-order valence-electron chi connectivity index (χ0n) is 11.7. The molecule has 0 bridgehead atoms. The Morgan fingerprint density at radius 2 is 2.11 bits per heavy atom. The first-order valence-electron chi connectivity index (χ1n) is 7.31. The number of hydrogen-bond donors (Lipinski definition) is 1. The standard InChI is InChI=1S/C16H26N2/c1-3-10-17-12-16(15-7-5-4-6-8-15)18-11-9-14(2)13-18/h4-8,14,16-17H,3,9-13H2,1-2H3. The summed E-state index contributed by atoms with van der Waals surface area (Å²) >= 11 is 0. The minimum absolute atomic E-state index is 0.544. The first kappa shape index (κ1) is 13.6. The van der Waals surface area contributed by atoms with E-state index in [1.807, 2.05) is 0 Å². The fraction of sp³-hybridized carbons (Fsp3) is 0.625. The lowest BCUT2D eigenvalue weighted by atomic mass is 10.1. The maximum absolute atomic E-state index is 3.58. The Balaban J connectivity index is 2.03. The number of nitrogens with zero attached hydrogens (tertiary/aromatic N) is 1.